The van der Waals surface area contributed by atoms with Crippen LogP contribution in [-0.2, 0) is 27.2 Å². The molecule has 1 amide bonds. The van der Waals surface area contributed by atoms with E-state index in [4.69, 9.17) is 4.74 Å². The molecular weight excluding hydrogens is 405 g/mol. The molecule has 1 atom stereocenters. The van der Waals surface area contributed by atoms with Crippen molar-refractivity contribution < 1.29 is 14.3 Å². The van der Waals surface area contributed by atoms with Crippen LogP contribution in [0.4, 0.5) is 0 Å². The molecule has 0 fully saturated rings. The summed E-state index contributed by atoms with van der Waals surface area (Å²) in [6, 6.07) is 16.5. The number of amides is 1. The van der Waals surface area contributed by atoms with Crippen LogP contribution in [0.2, 0.25) is 0 Å². The number of hydrogen-bond acceptors (Lipinski definition) is 3. The number of rotatable bonds is 6. The Hall–Kier alpha value is -1.89. The van der Waals surface area contributed by atoms with E-state index in [1.54, 1.807) is 0 Å². The number of carbonyl (C=O) groups is 2. The zero-order chi connectivity index (χ0) is 16.7. The normalized spacial score (nSPS) is 11.6. The Bertz CT molecular complexity index is 673. The van der Waals surface area contributed by atoms with E-state index >= 15 is 0 Å². The number of methoxy groups -OCH3 is 1. The SMILES string of the molecule is COC(=O)[C@@H](Cc1ccccc1I)NC(=O)Cc1ccccc1. The number of benzene rings is 2. The minimum atomic E-state index is -0.688. The predicted molar refractivity (Wildman–Crippen MR) is 97.0 cm³/mol. The van der Waals surface area contributed by atoms with Crippen LogP contribution in [0.3, 0.4) is 0 Å². The molecule has 0 bridgehead atoms. The summed E-state index contributed by atoms with van der Waals surface area (Å²) >= 11 is 2.22. The van der Waals surface area contributed by atoms with Crippen molar-refractivity contribution in [3.63, 3.8) is 0 Å². The second-order valence-electron chi connectivity index (χ2n) is 5.10. The lowest BCUT2D eigenvalue weighted by Crippen LogP contribution is -2.43. The van der Waals surface area contributed by atoms with Gasteiger partial charge in [-0.05, 0) is 39.8 Å². The summed E-state index contributed by atoms with van der Waals surface area (Å²) in [6.07, 6.45) is 0.645. The summed E-state index contributed by atoms with van der Waals surface area (Å²) in [5.74, 6) is -0.636. The highest BCUT2D eigenvalue weighted by molar-refractivity contribution is 14.1. The third kappa shape index (κ3) is 5.35. The number of hydrogen-bond donors (Lipinski definition) is 1. The fourth-order valence-corrected chi connectivity index (χ4v) is 2.85. The Balaban J connectivity index is 2.05. The Morgan fingerprint density at radius 1 is 1.09 bits per heavy atom. The van der Waals surface area contributed by atoms with Crippen molar-refractivity contribution in [1.82, 2.24) is 5.32 Å². The van der Waals surface area contributed by atoms with Gasteiger partial charge in [0.05, 0.1) is 13.5 Å². The Labute approximate surface area is 149 Å². The van der Waals surface area contributed by atoms with Gasteiger partial charge < -0.3 is 10.1 Å². The van der Waals surface area contributed by atoms with Crippen LogP contribution in [0.25, 0.3) is 0 Å². The van der Waals surface area contributed by atoms with Crippen LogP contribution in [0.1, 0.15) is 11.1 Å². The molecular formula is C18H18INO3. The van der Waals surface area contributed by atoms with Gasteiger partial charge in [0.2, 0.25) is 5.91 Å². The van der Waals surface area contributed by atoms with Crippen molar-refractivity contribution in [1.29, 1.82) is 0 Å². The van der Waals surface area contributed by atoms with Crippen molar-refractivity contribution >= 4 is 34.5 Å². The number of esters is 1. The summed E-state index contributed by atoms with van der Waals surface area (Å²) in [6.45, 7) is 0. The number of ether oxygens (including phenoxy) is 1. The second-order valence-corrected chi connectivity index (χ2v) is 6.26. The van der Waals surface area contributed by atoms with Crippen LogP contribution in [-0.4, -0.2) is 25.0 Å². The van der Waals surface area contributed by atoms with Gasteiger partial charge in [-0.1, -0.05) is 48.5 Å². The van der Waals surface area contributed by atoms with E-state index in [1.807, 2.05) is 54.6 Å². The average molecular weight is 423 g/mol. The first-order valence-corrected chi connectivity index (χ1v) is 8.32. The van der Waals surface area contributed by atoms with Crippen LogP contribution in [0.5, 0.6) is 0 Å². The van der Waals surface area contributed by atoms with Gasteiger partial charge in [-0.3, -0.25) is 4.79 Å². The molecule has 2 aromatic carbocycles. The number of carbonyl (C=O) groups excluding carboxylic acids is 2. The minimum absolute atomic E-state index is 0.197. The van der Waals surface area contributed by atoms with Gasteiger partial charge in [-0.2, -0.15) is 0 Å². The molecule has 2 rings (SSSR count). The number of nitrogens with one attached hydrogen (secondary N) is 1. The van der Waals surface area contributed by atoms with Crippen LogP contribution in [0, 0.1) is 3.57 Å². The number of halogens is 1. The van der Waals surface area contributed by atoms with Crippen molar-refractivity contribution in [3.8, 4) is 0 Å². The average Bonchev–Trinajstić information content (AvgIpc) is 2.56. The first-order chi connectivity index (χ1) is 11.1. The molecule has 0 heterocycles. The fraction of sp³-hybridized carbons (Fsp3) is 0.222. The molecule has 0 aliphatic heterocycles. The smallest absolute Gasteiger partial charge is 0.328 e. The molecule has 0 aromatic heterocycles. The van der Waals surface area contributed by atoms with Gasteiger partial charge in [-0.15, -0.1) is 0 Å². The topological polar surface area (TPSA) is 55.4 Å². The lowest BCUT2D eigenvalue weighted by Gasteiger charge is -2.17. The molecule has 4 nitrogen and oxygen atoms in total. The third-order valence-electron chi connectivity index (χ3n) is 3.41. The highest BCUT2D eigenvalue weighted by Crippen LogP contribution is 2.14. The van der Waals surface area contributed by atoms with Crippen LogP contribution in [0.15, 0.2) is 54.6 Å². The summed E-state index contributed by atoms with van der Waals surface area (Å²) in [4.78, 5) is 24.2. The molecule has 0 aliphatic carbocycles. The highest BCUT2D eigenvalue weighted by atomic mass is 127. The van der Waals surface area contributed by atoms with E-state index in [1.165, 1.54) is 7.11 Å². The molecule has 0 unspecified atom stereocenters. The van der Waals surface area contributed by atoms with E-state index in [2.05, 4.69) is 27.9 Å². The lowest BCUT2D eigenvalue weighted by molar-refractivity contribution is -0.145. The van der Waals surface area contributed by atoms with Crippen LogP contribution < -0.4 is 5.32 Å². The second kappa shape index (κ2) is 8.67. The third-order valence-corrected chi connectivity index (χ3v) is 4.46. The van der Waals surface area contributed by atoms with E-state index < -0.39 is 12.0 Å². The maximum absolute atomic E-state index is 12.2. The Morgan fingerprint density at radius 2 is 1.74 bits per heavy atom. The van der Waals surface area contributed by atoms with E-state index in [0.717, 1.165) is 14.7 Å². The van der Waals surface area contributed by atoms with Crippen molar-refractivity contribution in [2.75, 3.05) is 7.11 Å². The predicted octanol–water partition coefficient (Wildman–Crippen LogP) is 2.73. The Morgan fingerprint density at radius 3 is 2.39 bits per heavy atom. The molecule has 0 saturated carbocycles. The first-order valence-electron chi connectivity index (χ1n) is 7.24. The quantitative estimate of drug-likeness (QED) is 0.575. The van der Waals surface area contributed by atoms with Gasteiger partial charge in [0, 0.05) is 9.99 Å². The van der Waals surface area contributed by atoms with Crippen LogP contribution >= 0.6 is 22.6 Å². The van der Waals surface area contributed by atoms with E-state index in [-0.39, 0.29) is 12.3 Å². The maximum atomic E-state index is 12.2. The van der Waals surface area contributed by atoms with Crippen molar-refractivity contribution in [2.24, 2.45) is 0 Å². The minimum Gasteiger partial charge on any atom is -0.467 e. The molecule has 2 aromatic rings. The lowest BCUT2D eigenvalue weighted by atomic mass is 10.1. The molecule has 0 aliphatic rings. The van der Waals surface area contributed by atoms with Gasteiger partial charge in [-0.25, -0.2) is 4.79 Å². The molecule has 23 heavy (non-hydrogen) atoms. The molecule has 5 heteroatoms. The highest BCUT2D eigenvalue weighted by Gasteiger charge is 2.22. The van der Waals surface area contributed by atoms with E-state index in [9.17, 15) is 9.59 Å². The molecule has 0 spiro atoms. The molecule has 120 valence electrons. The standard InChI is InChI=1S/C18H18INO3/c1-23-18(22)16(12-14-9-5-6-10-15(14)19)20-17(21)11-13-7-3-2-4-8-13/h2-10,16H,11-12H2,1H3,(H,20,21)/t16-/m1/s1. The van der Waals surface area contributed by atoms with Crippen molar-refractivity contribution in [3.05, 3.63) is 69.3 Å². The molecule has 0 radical (unpaired) electrons. The molecule has 1 N–H and O–H groups in total. The zero-order valence-corrected chi connectivity index (χ0v) is 14.9. The monoisotopic (exact) mass is 423 g/mol. The maximum Gasteiger partial charge on any atom is 0.328 e. The fourth-order valence-electron chi connectivity index (χ4n) is 2.25. The van der Waals surface area contributed by atoms with Crippen molar-refractivity contribution in [2.45, 2.75) is 18.9 Å². The summed E-state index contributed by atoms with van der Waals surface area (Å²) in [7, 11) is 1.33. The summed E-state index contributed by atoms with van der Waals surface area (Å²) < 4.78 is 5.87. The van der Waals surface area contributed by atoms with Gasteiger partial charge in [0.15, 0.2) is 0 Å². The zero-order valence-electron chi connectivity index (χ0n) is 12.8. The summed E-state index contributed by atoms with van der Waals surface area (Å²) in [5, 5.41) is 2.78. The molecule has 0 saturated heterocycles. The van der Waals surface area contributed by atoms with Gasteiger partial charge >= 0.3 is 5.97 Å². The Kier molecular flexibility index (Phi) is 6.58. The van der Waals surface area contributed by atoms with Gasteiger partial charge in [0.25, 0.3) is 0 Å². The largest absolute Gasteiger partial charge is 0.467 e. The van der Waals surface area contributed by atoms with E-state index in [0.29, 0.717) is 6.42 Å². The van der Waals surface area contributed by atoms with Gasteiger partial charge in [0.1, 0.15) is 6.04 Å². The summed E-state index contributed by atoms with van der Waals surface area (Å²) in [5.41, 5.74) is 1.91. The first kappa shape index (κ1) is 17.5.